The molecule has 0 radical (unpaired) electrons. The molecular formula is C22H35NO4. The van der Waals surface area contributed by atoms with Crippen molar-refractivity contribution >= 4 is 11.7 Å². The van der Waals surface area contributed by atoms with Crippen molar-refractivity contribution in [3.8, 4) is 5.75 Å². The van der Waals surface area contributed by atoms with Crippen LogP contribution in [0.3, 0.4) is 0 Å². The van der Waals surface area contributed by atoms with Gasteiger partial charge in [0.25, 0.3) is 0 Å². The van der Waals surface area contributed by atoms with Crippen LogP contribution in [0, 0.1) is 0 Å². The van der Waals surface area contributed by atoms with Gasteiger partial charge < -0.3 is 14.7 Å². The average Bonchev–Trinajstić information content (AvgIpc) is 2.71. The molecule has 0 atom stereocenters. The first kappa shape index (κ1) is 23.0. The van der Waals surface area contributed by atoms with E-state index in [1.165, 1.54) is 58.5 Å². The van der Waals surface area contributed by atoms with Crippen molar-refractivity contribution < 1.29 is 19.5 Å². The molecule has 0 aliphatic carbocycles. The lowest BCUT2D eigenvalue weighted by atomic mass is 10.0. The van der Waals surface area contributed by atoms with Gasteiger partial charge in [0, 0.05) is 6.42 Å². The number of benzene rings is 1. The van der Waals surface area contributed by atoms with Crippen molar-refractivity contribution in [1.29, 1.82) is 0 Å². The highest BCUT2D eigenvalue weighted by Crippen LogP contribution is 2.14. The third-order valence-corrected chi connectivity index (χ3v) is 4.65. The Labute approximate surface area is 163 Å². The standard InChI is InChI=1S/C22H35NO4/c1-3-4-5-6-7-8-9-10-11-12-20(23-25)17-18-27-21-15-13-19(14-16-21)22(24)26-2/h13-16,25H,3-12,17-18H2,1-2H3/b23-20-. The maximum absolute atomic E-state index is 11.4. The van der Waals surface area contributed by atoms with Crippen molar-refractivity contribution in [1.82, 2.24) is 0 Å². The molecule has 0 fully saturated rings. The molecule has 0 unspecified atom stereocenters. The largest absolute Gasteiger partial charge is 0.493 e. The molecule has 5 nitrogen and oxygen atoms in total. The fourth-order valence-electron chi connectivity index (χ4n) is 2.96. The van der Waals surface area contributed by atoms with E-state index in [9.17, 15) is 4.79 Å². The molecule has 0 aromatic heterocycles. The molecule has 0 saturated carbocycles. The van der Waals surface area contributed by atoms with Crippen molar-refractivity contribution in [2.45, 2.75) is 77.6 Å². The number of hydrogen-bond acceptors (Lipinski definition) is 5. The molecule has 1 rings (SSSR count). The van der Waals surface area contributed by atoms with Crippen molar-refractivity contribution in [2.24, 2.45) is 5.16 Å². The normalized spacial score (nSPS) is 11.4. The Morgan fingerprint density at radius 1 is 0.926 bits per heavy atom. The van der Waals surface area contributed by atoms with E-state index < -0.39 is 0 Å². The molecule has 1 N–H and O–H groups in total. The first-order valence-corrected chi connectivity index (χ1v) is 10.2. The summed E-state index contributed by atoms with van der Waals surface area (Å²) >= 11 is 0. The number of carbonyl (C=O) groups is 1. The number of esters is 1. The van der Waals surface area contributed by atoms with E-state index in [1.807, 2.05) is 0 Å². The molecule has 0 heterocycles. The van der Waals surface area contributed by atoms with E-state index in [2.05, 4.69) is 16.8 Å². The SMILES string of the molecule is CCCCCCCCCCC/C(CCOc1ccc(C(=O)OC)cc1)=N/O. The topological polar surface area (TPSA) is 68.1 Å². The third kappa shape index (κ3) is 10.6. The lowest BCUT2D eigenvalue weighted by Crippen LogP contribution is -2.07. The van der Waals surface area contributed by atoms with Gasteiger partial charge in [-0.2, -0.15) is 0 Å². The van der Waals surface area contributed by atoms with Crippen LogP contribution in [-0.4, -0.2) is 30.6 Å². The van der Waals surface area contributed by atoms with Gasteiger partial charge in [0.15, 0.2) is 0 Å². The maximum Gasteiger partial charge on any atom is 0.337 e. The molecule has 0 aliphatic rings. The quantitative estimate of drug-likeness (QED) is 0.134. The van der Waals surface area contributed by atoms with Crippen LogP contribution in [0.1, 0.15) is 87.9 Å². The van der Waals surface area contributed by atoms with Gasteiger partial charge in [-0.15, -0.1) is 0 Å². The Morgan fingerprint density at radius 2 is 1.52 bits per heavy atom. The molecule has 0 saturated heterocycles. The van der Waals surface area contributed by atoms with E-state index in [-0.39, 0.29) is 5.97 Å². The summed E-state index contributed by atoms with van der Waals surface area (Å²) in [5, 5.41) is 12.6. The van der Waals surface area contributed by atoms with Crippen LogP contribution in [0.2, 0.25) is 0 Å². The Kier molecular flexibility index (Phi) is 12.8. The van der Waals surface area contributed by atoms with Crippen molar-refractivity contribution in [2.75, 3.05) is 13.7 Å². The lowest BCUT2D eigenvalue weighted by Gasteiger charge is -2.08. The summed E-state index contributed by atoms with van der Waals surface area (Å²) in [6.07, 6.45) is 12.9. The fraction of sp³-hybridized carbons (Fsp3) is 0.636. The monoisotopic (exact) mass is 377 g/mol. The van der Waals surface area contributed by atoms with Crippen LogP contribution >= 0.6 is 0 Å². The van der Waals surface area contributed by atoms with Crippen molar-refractivity contribution in [3.63, 3.8) is 0 Å². The van der Waals surface area contributed by atoms with E-state index in [0.29, 0.717) is 24.3 Å². The van der Waals surface area contributed by atoms with Crippen LogP contribution in [0.5, 0.6) is 5.75 Å². The third-order valence-electron chi connectivity index (χ3n) is 4.65. The summed E-state index contributed by atoms with van der Waals surface area (Å²) in [5.41, 5.74) is 1.27. The van der Waals surface area contributed by atoms with Gasteiger partial charge in [-0.25, -0.2) is 4.79 Å². The summed E-state index contributed by atoms with van der Waals surface area (Å²) in [7, 11) is 1.36. The molecular weight excluding hydrogens is 342 g/mol. The predicted octanol–water partition coefficient (Wildman–Crippen LogP) is 5.99. The predicted molar refractivity (Wildman–Crippen MR) is 109 cm³/mol. The molecule has 1 aromatic carbocycles. The minimum absolute atomic E-state index is 0.364. The van der Waals surface area contributed by atoms with Crippen LogP contribution in [0.4, 0.5) is 0 Å². The number of unbranched alkanes of at least 4 members (excludes halogenated alkanes) is 8. The molecule has 0 aliphatic heterocycles. The summed E-state index contributed by atoms with van der Waals surface area (Å²) < 4.78 is 10.3. The van der Waals surface area contributed by atoms with E-state index in [0.717, 1.165) is 18.6 Å². The smallest absolute Gasteiger partial charge is 0.337 e. The molecule has 0 amide bonds. The minimum Gasteiger partial charge on any atom is -0.493 e. The van der Waals surface area contributed by atoms with E-state index >= 15 is 0 Å². The first-order chi connectivity index (χ1) is 13.2. The van der Waals surface area contributed by atoms with Gasteiger partial charge in [0.2, 0.25) is 0 Å². The zero-order chi connectivity index (χ0) is 19.7. The van der Waals surface area contributed by atoms with Gasteiger partial charge in [0.05, 0.1) is 25.0 Å². The molecule has 1 aromatic rings. The number of carbonyl (C=O) groups excluding carboxylic acids is 1. The summed E-state index contributed by atoms with van der Waals surface area (Å²) in [6.45, 7) is 2.69. The summed E-state index contributed by atoms with van der Waals surface area (Å²) in [6, 6.07) is 6.82. The summed E-state index contributed by atoms with van der Waals surface area (Å²) in [5.74, 6) is 0.320. The lowest BCUT2D eigenvalue weighted by molar-refractivity contribution is 0.0600. The van der Waals surface area contributed by atoms with Crippen LogP contribution in [0.25, 0.3) is 0 Å². The summed E-state index contributed by atoms with van der Waals surface area (Å²) in [4.78, 5) is 11.4. The molecule has 5 heteroatoms. The van der Waals surface area contributed by atoms with E-state index in [4.69, 9.17) is 9.94 Å². The number of rotatable bonds is 15. The van der Waals surface area contributed by atoms with Crippen LogP contribution in [-0.2, 0) is 4.74 Å². The maximum atomic E-state index is 11.4. The van der Waals surface area contributed by atoms with E-state index in [1.54, 1.807) is 24.3 Å². The number of hydrogen-bond donors (Lipinski definition) is 1. The second kappa shape index (κ2) is 15.1. The zero-order valence-corrected chi connectivity index (χ0v) is 16.9. The second-order valence-electron chi connectivity index (χ2n) is 6.86. The zero-order valence-electron chi connectivity index (χ0n) is 16.9. The molecule has 152 valence electrons. The number of nitrogens with zero attached hydrogens (tertiary/aromatic N) is 1. The fourth-order valence-corrected chi connectivity index (χ4v) is 2.96. The minimum atomic E-state index is -0.364. The molecule has 0 spiro atoms. The Morgan fingerprint density at radius 3 is 2.07 bits per heavy atom. The van der Waals surface area contributed by atoms with Gasteiger partial charge in [-0.1, -0.05) is 63.4 Å². The Bertz CT molecular complexity index is 540. The van der Waals surface area contributed by atoms with Crippen molar-refractivity contribution in [3.05, 3.63) is 29.8 Å². The number of methoxy groups -OCH3 is 1. The Balaban J connectivity index is 2.11. The van der Waals surface area contributed by atoms with Gasteiger partial charge in [-0.3, -0.25) is 0 Å². The number of ether oxygens (including phenoxy) is 2. The van der Waals surface area contributed by atoms with Gasteiger partial charge in [-0.05, 0) is 37.1 Å². The number of oxime groups is 1. The average molecular weight is 378 g/mol. The van der Waals surface area contributed by atoms with Gasteiger partial charge >= 0.3 is 5.97 Å². The highest BCUT2D eigenvalue weighted by Gasteiger charge is 2.06. The highest BCUT2D eigenvalue weighted by atomic mass is 16.5. The van der Waals surface area contributed by atoms with Crippen LogP contribution in [0.15, 0.2) is 29.4 Å². The highest BCUT2D eigenvalue weighted by molar-refractivity contribution is 5.89. The first-order valence-electron chi connectivity index (χ1n) is 10.2. The second-order valence-corrected chi connectivity index (χ2v) is 6.86. The Hall–Kier alpha value is -2.04. The van der Waals surface area contributed by atoms with Gasteiger partial charge in [0.1, 0.15) is 5.75 Å². The van der Waals surface area contributed by atoms with Crippen LogP contribution < -0.4 is 4.74 Å². The molecule has 0 bridgehead atoms. The molecule has 27 heavy (non-hydrogen) atoms.